The molecular weight excluding hydrogens is 278 g/mol. The van der Waals surface area contributed by atoms with Gasteiger partial charge in [0.2, 0.25) is 0 Å². The molecule has 1 nitrogen and oxygen atoms in total. The van der Waals surface area contributed by atoms with Crippen molar-refractivity contribution in [2.75, 3.05) is 13.1 Å². The van der Waals surface area contributed by atoms with Crippen molar-refractivity contribution in [1.29, 1.82) is 0 Å². The summed E-state index contributed by atoms with van der Waals surface area (Å²) < 4.78 is 0. The lowest BCUT2D eigenvalue weighted by Gasteiger charge is -2.34. The molecule has 0 unspecified atom stereocenters. The minimum Gasteiger partial charge on any atom is -0.298 e. The van der Waals surface area contributed by atoms with E-state index in [0.717, 1.165) is 0 Å². The van der Waals surface area contributed by atoms with Crippen molar-refractivity contribution in [3.8, 4) is 0 Å². The zero-order valence-corrected chi connectivity index (χ0v) is 16.2. The molecule has 1 aromatic carbocycles. The van der Waals surface area contributed by atoms with Crippen molar-refractivity contribution in [3.63, 3.8) is 0 Å². The SMILES string of the molecule is CC(C)(C)c1cc2c(c3c1CCCC3)CCN(C(C)(C)C)CC2. The number of fused-ring (bicyclic) bond motifs is 3. The fourth-order valence-electron chi connectivity index (χ4n) is 4.57. The van der Waals surface area contributed by atoms with Gasteiger partial charge in [-0.15, -0.1) is 0 Å². The molecule has 0 radical (unpaired) electrons. The third-order valence-electron chi connectivity index (χ3n) is 5.90. The molecule has 0 bridgehead atoms. The van der Waals surface area contributed by atoms with E-state index in [1.807, 2.05) is 0 Å². The summed E-state index contributed by atoms with van der Waals surface area (Å²) >= 11 is 0. The largest absolute Gasteiger partial charge is 0.298 e. The molecule has 0 atom stereocenters. The van der Waals surface area contributed by atoms with Gasteiger partial charge in [0.15, 0.2) is 0 Å². The Labute approximate surface area is 143 Å². The second kappa shape index (κ2) is 5.92. The first kappa shape index (κ1) is 17.0. The quantitative estimate of drug-likeness (QED) is 0.647. The Kier molecular flexibility index (Phi) is 4.38. The van der Waals surface area contributed by atoms with Gasteiger partial charge in [0.1, 0.15) is 0 Å². The molecule has 0 N–H and O–H groups in total. The van der Waals surface area contributed by atoms with E-state index in [9.17, 15) is 0 Å². The highest BCUT2D eigenvalue weighted by atomic mass is 15.2. The Balaban J connectivity index is 2.05. The number of benzene rings is 1. The molecule has 0 amide bonds. The molecule has 1 aromatic rings. The lowest BCUT2D eigenvalue weighted by atomic mass is 9.74. The van der Waals surface area contributed by atoms with Crippen LogP contribution in [0.1, 0.15) is 82.2 Å². The molecule has 1 heterocycles. The zero-order chi connectivity index (χ0) is 16.8. The van der Waals surface area contributed by atoms with E-state index in [1.165, 1.54) is 51.6 Å². The lowest BCUT2D eigenvalue weighted by molar-refractivity contribution is 0.144. The van der Waals surface area contributed by atoms with E-state index in [-0.39, 0.29) is 11.0 Å². The average molecular weight is 314 g/mol. The van der Waals surface area contributed by atoms with Crippen molar-refractivity contribution >= 4 is 0 Å². The molecule has 1 heteroatoms. The molecule has 1 aliphatic carbocycles. The standard InChI is InChI=1S/C22H35N/c1-21(2,3)20-15-16-11-13-23(22(4,5)6)14-12-17(16)18-9-7-8-10-19(18)20/h15H,7-14H2,1-6H3. The smallest absolute Gasteiger partial charge is 0.0125 e. The van der Waals surface area contributed by atoms with E-state index in [1.54, 1.807) is 27.8 Å². The van der Waals surface area contributed by atoms with E-state index in [4.69, 9.17) is 0 Å². The molecule has 0 aromatic heterocycles. The minimum absolute atomic E-state index is 0.270. The predicted molar refractivity (Wildman–Crippen MR) is 101 cm³/mol. The highest BCUT2D eigenvalue weighted by molar-refractivity contribution is 5.50. The molecule has 0 fully saturated rings. The van der Waals surface area contributed by atoms with Crippen LogP contribution in [-0.2, 0) is 31.1 Å². The maximum Gasteiger partial charge on any atom is 0.0125 e. The molecule has 1 aliphatic heterocycles. The van der Waals surface area contributed by atoms with Crippen LogP contribution in [0.3, 0.4) is 0 Å². The first-order valence-electron chi connectivity index (χ1n) is 9.60. The summed E-state index contributed by atoms with van der Waals surface area (Å²) in [5.41, 5.74) is 9.03. The van der Waals surface area contributed by atoms with Crippen molar-refractivity contribution in [3.05, 3.63) is 33.9 Å². The van der Waals surface area contributed by atoms with Gasteiger partial charge in [0.25, 0.3) is 0 Å². The van der Waals surface area contributed by atoms with Crippen LogP contribution in [0.2, 0.25) is 0 Å². The van der Waals surface area contributed by atoms with Crippen LogP contribution in [0.25, 0.3) is 0 Å². The summed E-state index contributed by atoms with van der Waals surface area (Å²) in [6, 6.07) is 2.59. The summed E-state index contributed by atoms with van der Waals surface area (Å²) in [7, 11) is 0. The van der Waals surface area contributed by atoms with Crippen molar-refractivity contribution in [2.24, 2.45) is 0 Å². The van der Waals surface area contributed by atoms with Crippen LogP contribution >= 0.6 is 0 Å². The van der Waals surface area contributed by atoms with Gasteiger partial charge in [0.05, 0.1) is 0 Å². The molecule has 0 saturated carbocycles. The summed E-state index contributed by atoms with van der Waals surface area (Å²) in [4.78, 5) is 2.68. The van der Waals surface area contributed by atoms with Crippen molar-refractivity contribution in [1.82, 2.24) is 4.90 Å². The second-order valence-electron chi connectivity index (χ2n) is 9.63. The summed E-state index contributed by atoms with van der Waals surface area (Å²) in [6.45, 7) is 16.7. The summed E-state index contributed by atoms with van der Waals surface area (Å²) in [6.07, 6.45) is 7.86. The highest BCUT2D eigenvalue weighted by Gasteiger charge is 2.29. The minimum atomic E-state index is 0.270. The van der Waals surface area contributed by atoms with E-state index in [2.05, 4.69) is 52.5 Å². The molecule has 0 spiro atoms. The molecule has 23 heavy (non-hydrogen) atoms. The monoisotopic (exact) mass is 313 g/mol. The normalized spacial score (nSPS) is 19.9. The second-order valence-corrected chi connectivity index (χ2v) is 9.63. The maximum atomic E-state index is 2.68. The maximum absolute atomic E-state index is 2.68. The summed E-state index contributed by atoms with van der Waals surface area (Å²) in [5, 5.41) is 0. The fourth-order valence-corrected chi connectivity index (χ4v) is 4.57. The Hall–Kier alpha value is -0.820. The average Bonchev–Trinajstić information content (AvgIpc) is 2.67. The van der Waals surface area contributed by atoms with Gasteiger partial charge in [-0.25, -0.2) is 0 Å². The molecule has 3 rings (SSSR count). The number of hydrogen-bond acceptors (Lipinski definition) is 1. The number of nitrogens with zero attached hydrogens (tertiary/aromatic N) is 1. The van der Waals surface area contributed by atoms with Gasteiger partial charge in [-0.1, -0.05) is 26.8 Å². The fraction of sp³-hybridized carbons (Fsp3) is 0.727. The Morgan fingerprint density at radius 2 is 1.35 bits per heavy atom. The van der Waals surface area contributed by atoms with Gasteiger partial charge < -0.3 is 0 Å². The number of hydrogen-bond donors (Lipinski definition) is 0. The molecular formula is C22H35N. The van der Waals surface area contributed by atoms with Gasteiger partial charge in [-0.05, 0) is 92.5 Å². The van der Waals surface area contributed by atoms with Gasteiger partial charge >= 0.3 is 0 Å². The van der Waals surface area contributed by atoms with Gasteiger partial charge in [-0.3, -0.25) is 4.90 Å². The van der Waals surface area contributed by atoms with E-state index >= 15 is 0 Å². The van der Waals surface area contributed by atoms with E-state index < -0.39 is 0 Å². The molecule has 128 valence electrons. The molecule has 0 saturated heterocycles. The zero-order valence-electron chi connectivity index (χ0n) is 16.2. The first-order chi connectivity index (χ1) is 10.7. The number of rotatable bonds is 0. The summed E-state index contributed by atoms with van der Waals surface area (Å²) in [5.74, 6) is 0. The first-order valence-corrected chi connectivity index (χ1v) is 9.60. The van der Waals surface area contributed by atoms with Crippen LogP contribution in [0, 0.1) is 0 Å². The Bertz CT molecular complexity index is 583. The van der Waals surface area contributed by atoms with Crippen molar-refractivity contribution in [2.45, 2.75) is 91.0 Å². The third-order valence-corrected chi connectivity index (χ3v) is 5.90. The molecule has 2 aliphatic rings. The highest BCUT2D eigenvalue weighted by Crippen LogP contribution is 2.38. The van der Waals surface area contributed by atoms with Crippen LogP contribution in [0.5, 0.6) is 0 Å². The Morgan fingerprint density at radius 3 is 1.96 bits per heavy atom. The van der Waals surface area contributed by atoms with Crippen LogP contribution in [0.4, 0.5) is 0 Å². The predicted octanol–water partition coefficient (Wildman–Crippen LogP) is 5.06. The lowest BCUT2D eigenvalue weighted by Crippen LogP contribution is -2.42. The van der Waals surface area contributed by atoms with Crippen LogP contribution < -0.4 is 0 Å². The van der Waals surface area contributed by atoms with Crippen LogP contribution in [-0.4, -0.2) is 23.5 Å². The Morgan fingerprint density at radius 1 is 0.739 bits per heavy atom. The van der Waals surface area contributed by atoms with Crippen LogP contribution in [0.15, 0.2) is 6.07 Å². The van der Waals surface area contributed by atoms with Crippen molar-refractivity contribution < 1.29 is 0 Å². The topological polar surface area (TPSA) is 3.24 Å². The van der Waals surface area contributed by atoms with Gasteiger partial charge in [0, 0.05) is 18.6 Å². The van der Waals surface area contributed by atoms with E-state index in [0.29, 0.717) is 0 Å². The van der Waals surface area contributed by atoms with Gasteiger partial charge in [-0.2, -0.15) is 0 Å². The third kappa shape index (κ3) is 3.36.